The van der Waals surface area contributed by atoms with Gasteiger partial charge in [0, 0.05) is 17.9 Å². The lowest BCUT2D eigenvalue weighted by Crippen LogP contribution is -2.22. The van der Waals surface area contributed by atoms with E-state index in [0.29, 0.717) is 17.3 Å². The Morgan fingerprint density at radius 1 is 1.32 bits per heavy atom. The van der Waals surface area contributed by atoms with E-state index < -0.39 is 0 Å². The van der Waals surface area contributed by atoms with Gasteiger partial charge in [-0.2, -0.15) is 0 Å². The molecule has 19 heavy (non-hydrogen) atoms. The molecule has 0 aliphatic carbocycles. The van der Waals surface area contributed by atoms with E-state index in [4.69, 9.17) is 9.05 Å². The second kappa shape index (κ2) is 5.92. The van der Waals surface area contributed by atoms with E-state index in [1.165, 1.54) is 11.8 Å². The standard InChI is InChI=1S/C12H15N3O3S/c1-7-4-10(14-17-7)6-19-9(3)12(16)13-11-5-8(2)18-15-11/h4-5,9H,6H2,1-3H3,(H,13,15,16)/t9-/m1/s1. The third kappa shape index (κ3) is 3.85. The van der Waals surface area contributed by atoms with E-state index in [-0.39, 0.29) is 11.2 Å². The molecule has 1 N–H and O–H groups in total. The molecule has 2 aromatic heterocycles. The number of carbonyl (C=O) groups is 1. The van der Waals surface area contributed by atoms with Gasteiger partial charge in [-0.3, -0.25) is 4.79 Å². The van der Waals surface area contributed by atoms with Gasteiger partial charge >= 0.3 is 0 Å². The van der Waals surface area contributed by atoms with Crippen LogP contribution in [0.1, 0.15) is 24.1 Å². The fourth-order valence-corrected chi connectivity index (χ4v) is 2.19. The number of nitrogens with one attached hydrogen (secondary N) is 1. The normalized spacial score (nSPS) is 12.4. The quantitative estimate of drug-likeness (QED) is 0.907. The fourth-order valence-electron chi connectivity index (χ4n) is 1.43. The zero-order valence-corrected chi connectivity index (χ0v) is 11.8. The van der Waals surface area contributed by atoms with Crippen molar-refractivity contribution in [3.8, 4) is 0 Å². The molecule has 0 fully saturated rings. The topological polar surface area (TPSA) is 81.2 Å². The van der Waals surface area contributed by atoms with Crippen LogP contribution < -0.4 is 5.32 Å². The van der Waals surface area contributed by atoms with Crippen LogP contribution in [0.2, 0.25) is 0 Å². The van der Waals surface area contributed by atoms with E-state index in [0.717, 1.165) is 11.5 Å². The summed E-state index contributed by atoms with van der Waals surface area (Å²) in [5.41, 5.74) is 0.833. The van der Waals surface area contributed by atoms with Gasteiger partial charge in [-0.1, -0.05) is 10.3 Å². The molecule has 0 spiro atoms. The number of hydrogen-bond donors (Lipinski definition) is 1. The highest BCUT2D eigenvalue weighted by atomic mass is 32.2. The molecule has 0 unspecified atom stereocenters. The number of rotatable bonds is 5. The first-order valence-electron chi connectivity index (χ1n) is 5.82. The van der Waals surface area contributed by atoms with Crippen LogP contribution in [-0.4, -0.2) is 21.5 Å². The van der Waals surface area contributed by atoms with Gasteiger partial charge in [-0.15, -0.1) is 11.8 Å². The minimum Gasteiger partial charge on any atom is -0.361 e. The highest BCUT2D eigenvalue weighted by molar-refractivity contribution is 7.99. The van der Waals surface area contributed by atoms with Crippen LogP contribution in [0.3, 0.4) is 0 Å². The maximum atomic E-state index is 11.9. The average molecular weight is 281 g/mol. The molecule has 2 heterocycles. The molecule has 0 saturated heterocycles. The molecule has 0 bridgehead atoms. The summed E-state index contributed by atoms with van der Waals surface area (Å²) in [4.78, 5) is 11.9. The number of carbonyl (C=O) groups excluding carboxylic acids is 1. The Morgan fingerprint density at radius 3 is 2.58 bits per heavy atom. The minimum absolute atomic E-state index is 0.112. The molecule has 2 aromatic rings. The van der Waals surface area contributed by atoms with Crippen molar-refractivity contribution in [2.24, 2.45) is 0 Å². The molecule has 0 saturated carbocycles. The molecule has 0 aromatic carbocycles. The number of hydrogen-bond acceptors (Lipinski definition) is 6. The van der Waals surface area contributed by atoms with Crippen LogP contribution in [0.5, 0.6) is 0 Å². The number of anilines is 1. The SMILES string of the molecule is Cc1cc(CS[C@H](C)C(=O)Nc2cc(C)on2)no1. The molecule has 6 nitrogen and oxygen atoms in total. The summed E-state index contributed by atoms with van der Waals surface area (Å²) in [6.07, 6.45) is 0. The monoisotopic (exact) mass is 281 g/mol. The van der Waals surface area contributed by atoms with Crippen LogP contribution in [0, 0.1) is 13.8 Å². The molecule has 1 amide bonds. The molecule has 7 heteroatoms. The number of nitrogens with zero attached hydrogens (tertiary/aromatic N) is 2. The summed E-state index contributed by atoms with van der Waals surface area (Å²) >= 11 is 1.48. The summed E-state index contributed by atoms with van der Waals surface area (Å²) in [6.45, 7) is 5.44. The Morgan fingerprint density at radius 2 is 2.00 bits per heavy atom. The second-order valence-electron chi connectivity index (χ2n) is 4.19. The van der Waals surface area contributed by atoms with Crippen LogP contribution in [0.15, 0.2) is 21.2 Å². The average Bonchev–Trinajstić information content (AvgIpc) is 2.95. The zero-order chi connectivity index (χ0) is 13.8. The highest BCUT2D eigenvalue weighted by Crippen LogP contribution is 2.19. The Kier molecular flexibility index (Phi) is 4.26. The van der Waals surface area contributed by atoms with Crippen molar-refractivity contribution in [1.82, 2.24) is 10.3 Å². The van der Waals surface area contributed by atoms with Gasteiger partial charge in [-0.05, 0) is 20.8 Å². The molecule has 102 valence electrons. The van der Waals surface area contributed by atoms with Crippen LogP contribution in [0.25, 0.3) is 0 Å². The van der Waals surface area contributed by atoms with E-state index in [1.54, 1.807) is 13.0 Å². The van der Waals surface area contributed by atoms with Gasteiger partial charge in [0.2, 0.25) is 5.91 Å². The van der Waals surface area contributed by atoms with Gasteiger partial charge < -0.3 is 14.4 Å². The lowest BCUT2D eigenvalue weighted by Gasteiger charge is -2.08. The molecular weight excluding hydrogens is 266 g/mol. The first kappa shape index (κ1) is 13.7. The van der Waals surface area contributed by atoms with Gasteiger partial charge in [0.15, 0.2) is 5.82 Å². The number of thioether (sulfide) groups is 1. The van der Waals surface area contributed by atoms with Gasteiger partial charge in [0.1, 0.15) is 11.5 Å². The third-order valence-corrected chi connectivity index (χ3v) is 3.58. The molecule has 2 rings (SSSR count). The number of aryl methyl sites for hydroxylation is 2. The van der Waals surface area contributed by atoms with Gasteiger partial charge in [0.05, 0.1) is 10.9 Å². The van der Waals surface area contributed by atoms with Crippen LogP contribution in [0.4, 0.5) is 5.82 Å². The van der Waals surface area contributed by atoms with Crippen molar-refractivity contribution in [1.29, 1.82) is 0 Å². The van der Waals surface area contributed by atoms with E-state index in [9.17, 15) is 4.79 Å². The smallest absolute Gasteiger partial charge is 0.238 e. The highest BCUT2D eigenvalue weighted by Gasteiger charge is 2.16. The molecule has 0 aliphatic rings. The largest absolute Gasteiger partial charge is 0.361 e. The summed E-state index contributed by atoms with van der Waals surface area (Å²) in [7, 11) is 0. The van der Waals surface area contributed by atoms with Crippen LogP contribution in [-0.2, 0) is 10.5 Å². The van der Waals surface area contributed by atoms with Crippen molar-refractivity contribution >= 4 is 23.5 Å². The van der Waals surface area contributed by atoms with Gasteiger partial charge in [0.25, 0.3) is 0 Å². The van der Waals surface area contributed by atoms with E-state index in [2.05, 4.69) is 15.6 Å². The summed E-state index contributed by atoms with van der Waals surface area (Å²) < 4.78 is 9.85. The van der Waals surface area contributed by atoms with Crippen molar-refractivity contribution in [2.75, 3.05) is 5.32 Å². The summed E-state index contributed by atoms with van der Waals surface area (Å²) in [5.74, 6) is 2.38. The first-order chi connectivity index (χ1) is 9.04. The third-order valence-electron chi connectivity index (χ3n) is 2.41. The zero-order valence-electron chi connectivity index (χ0n) is 11.0. The van der Waals surface area contributed by atoms with Crippen molar-refractivity contribution < 1.29 is 13.8 Å². The van der Waals surface area contributed by atoms with Crippen LogP contribution >= 0.6 is 11.8 Å². The Balaban J connectivity index is 1.82. The first-order valence-corrected chi connectivity index (χ1v) is 6.87. The molecular formula is C12H15N3O3S. The lowest BCUT2D eigenvalue weighted by atomic mass is 10.4. The number of aromatic nitrogens is 2. The molecule has 0 aliphatic heterocycles. The summed E-state index contributed by atoms with van der Waals surface area (Å²) in [5, 5.41) is 10.1. The predicted molar refractivity (Wildman–Crippen MR) is 71.9 cm³/mol. The Bertz CT molecular complexity index is 564. The minimum atomic E-state index is -0.214. The van der Waals surface area contributed by atoms with Crippen molar-refractivity contribution in [2.45, 2.75) is 31.8 Å². The number of amides is 1. The molecule has 0 radical (unpaired) electrons. The maximum Gasteiger partial charge on any atom is 0.238 e. The van der Waals surface area contributed by atoms with Crippen molar-refractivity contribution in [3.63, 3.8) is 0 Å². The Hall–Kier alpha value is -1.76. The van der Waals surface area contributed by atoms with Crippen molar-refractivity contribution in [3.05, 3.63) is 29.3 Å². The Labute approximate surface area is 114 Å². The maximum absolute atomic E-state index is 11.9. The summed E-state index contributed by atoms with van der Waals surface area (Å²) in [6, 6.07) is 3.54. The lowest BCUT2D eigenvalue weighted by molar-refractivity contribution is -0.115. The second-order valence-corrected chi connectivity index (χ2v) is 5.52. The van der Waals surface area contributed by atoms with E-state index in [1.807, 2.05) is 19.9 Å². The van der Waals surface area contributed by atoms with E-state index >= 15 is 0 Å². The molecule has 1 atom stereocenters. The predicted octanol–water partition coefficient (Wildman–Crippen LogP) is 2.54. The fraction of sp³-hybridized carbons (Fsp3) is 0.417. The van der Waals surface area contributed by atoms with Gasteiger partial charge in [-0.25, -0.2) is 0 Å².